The average molecular weight is 385 g/mol. The first-order valence-corrected chi connectivity index (χ1v) is 11.1. The van der Waals surface area contributed by atoms with Crippen molar-refractivity contribution in [3.05, 3.63) is 11.7 Å². The first-order valence-electron chi connectivity index (χ1n) is 9.47. The lowest BCUT2D eigenvalue weighted by Gasteiger charge is -2.37. The van der Waals surface area contributed by atoms with Gasteiger partial charge in [0, 0.05) is 25.9 Å². The van der Waals surface area contributed by atoms with Crippen LogP contribution in [0, 0.1) is 12.8 Å². The molecule has 0 atom stereocenters. The third kappa shape index (κ3) is 3.93. The maximum absolute atomic E-state index is 12.9. The number of hydrogen-bond donors (Lipinski definition) is 1. The second-order valence-electron chi connectivity index (χ2n) is 7.34. The minimum Gasteiger partial charge on any atom is -0.343 e. The monoisotopic (exact) mass is 384 g/mol. The highest BCUT2D eigenvalue weighted by atomic mass is 32.2. The molecule has 8 nitrogen and oxygen atoms in total. The number of hydrogen-bond acceptors (Lipinski definition) is 6. The van der Waals surface area contributed by atoms with Crippen LogP contribution >= 0.6 is 0 Å². The zero-order chi connectivity index (χ0) is 18.8. The summed E-state index contributed by atoms with van der Waals surface area (Å²) in [6.07, 6.45) is 5.88. The van der Waals surface area contributed by atoms with Crippen molar-refractivity contribution in [3.63, 3.8) is 0 Å². The van der Waals surface area contributed by atoms with Gasteiger partial charge in [-0.15, -0.1) is 0 Å². The van der Waals surface area contributed by atoms with E-state index in [1.807, 2.05) is 0 Å². The molecule has 146 valence electrons. The number of carbonyl (C=O) groups excluding carboxylic acids is 1. The van der Waals surface area contributed by atoms with E-state index in [0.29, 0.717) is 37.6 Å². The second-order valence-corrected chi connectivity index (χ2v) is 9.60. The van der Waals surface area contributed by atoms with Crippen molar-refractivity contribution in [2.75, 3.05) is 18.8 Å². The lowest BCUT2D eigenvalue weighted by Crippen LogP contribution is -2.52. The summed E-state index contributed by atoms with van der Waals surface area (Å²) < 4.78 is 30.6. The fourth-order valence-electron chi connectivity index (χ4n) is 3.97. The molecule has 0 bridgehead atoms. The summed E-state index contributed by atoms with van der Waals surface area (Å²) in [4.78, 5) is 17.3. The van der Waals surface area contributed by atoms with Gasteiger partial charge in [0.05, 0.1) is 5.75 Å². The van der Waals surface area contributed by atoms with E-state index in [4.69, 9.17) is 4.52 Å². The number of piperidine rings is 1. The summed E-state index contributed by atoms with van der Waals surface area (Å²) >= 11 is 0. The van der Waals surface area contributed by atoms with Gasteiger partial charge in [0.1, 0.15) is 5.54 Å². The molecule has 1 saturated heterocycles. The van der Waals surface area contributed by atoms with Crippen molar-refractivity contribution >= 4 is 15.9 Å². The molecule has 26 heavy (non-hydrogen) atoms. The fraction of sp³-hybridized carbons (Fsp3) is 0.824. The molecule has 0 spiro atoms. The molecule has 1 amide bonds. The second kappa shape index (κ2) is 7.64. The van der Waals surface area contributed by atoms with Crippen LogP contribution in [0.15, 0.2) is 4.52 Å². The van der Waals surface area contributed by atoms with Crippen molar-refractivity contribution in [3.8, 4) is 0 Å². The van der Waals surface area contributed by atoms with Crippen LogP contribution in [-0.4, -0.2) is 47.6 Å². The van der Waals surface area contributed by atoms with Crippen LogP contribution < -0.4 is 5.32 Å². The molecule has 2 heterocycles. The topological polar surface area (TPSA) is 105 Å². The Balaban J connectivity index is 1.68. The Morgan fingerprint density at radius 1 is 1.27 bits per heavy atom. The lowest BCUT2D eigenvalue weighted by atomic mass is 9.80. The zero-order valence-corrected chi connectivity index (χ0v) is 16.3. The molecule has 0 radical (unpaired) electrons. The van der Waals surface area contributed by atoms with Crippen LogP contribution in [-0.2, 0) is 20.4 Å². The maximum atomic E-state index is 12.9. The molecular weight excluding hydrogens is 356 g/mol. The van der Waals surface area contributed by atoms with Crippen molar-refractivity contribution in [1.82, 2.24) is 19.8 Å². The summed E-state index contributed by atoms with van der Waals surface area (Å²) in [6.45, 7) is 4.21. The van der Waals surface area contributed by atoms with Crippen LogP contribution in [0.4, 0.5) is 0 Å². The van der Waals surface area contributed by atoms with Crippen LogP contribution in [0.3, 0.4) is 0 Å². The molecule has 1 aliphatic heterocycles. The Bertz CT molecular complexity index is 732. The van der Waals surface area contributed by atoms with E-state index in [2.05, 4.69) is 15.5 Å². The Labute approximate surface area is 154 Å². The van der Waals surface area contributed by atoms with Crippen molar-refractivity contribution in [1.29, 1.82) is 0 Å². The predicted molar refractivity (Wildman–Crippen MR) is 95.7 cm³/mol. The van der Waals surface area contributed by atoms with Crippen molar-refractivity contribution in [2.24, 2.45) is 5.92 Å². The number of aromatic nitrogens is 2. The number of nitrogens with zero attached hydrogens (tertiary/aromatic N) is 3. The Hall–Kier alpha value is -1.48. The largest absolute Gasteiger partial charge is 0.343 e. The number of carbonyl (C=O) groups is 1. The third-order valence-corrected chi connectivity index (χ3v) is 7.49. The summed E-state index contributed by atoms with van der Waals surface area (Å²) in [7, 11) is -3.18. The van der Waals surface area contributed by atoms with E-state index in [1.54, 1.807) is 13.8 Å². The van der Waals surface area contributed by atoms with Gasteiger partial charge in [-0.25, -0.2) is 12.7 Å². The first kappa shape index (κ1) is 19.3. The summed E-state index contributed by atoms with van der Waals surface area (Å²) in [5.74, 6) is 0.962. The smallest absolute Gasteiger partial charge is 0.224 e. The summed E-state index contributed by atoms with van der Waals surface area (Å²) in [5.41, 5.74) is -0.556. The highest BCUT2D eigenvalue weighted by molar-refractivity contribution is 7.89. The van der Waals surface area contributed by atoms with Crippen molar-refractivity contribution in [2.45, 2.75) is 64.3 Å². The molecule has 9 heteroatoms. The molecule has 3 rings (SSSR count). The van der Waals surface area contributed by atoms with Gasteiger partial charge < -0.3 is 9.84 Å². The van der Waals surface area contributed by atoms with E-state index >= 15 is 0 Å². The van der Waals surface area contributed by atoms with E-state index in [9.17, 15) is 13.2 Å². The minimum absolute atomic E-state index is 0.0251. The molecule has 1 saturated carbocycles. The standard InChI is InChI=1S/C17H28N4O4S/c1-3-26(23,24)21-11-7-14(8-12-21)15(22)19-17(9-5-4-6-10-17)16-18-13(2)25-20-16/h14H,3-12H2,1-2H3,(H,19,22). The van der Waals surface area contributed by atoms with Gasteiger partial charge in [-0.1, -0.05) is 24.4 Å². The van der Waals surface area contributed by atoms with E-state index in [-0.39, 0.29) is 17.6 Å². The summed E-state index contributed by atoms with van der Waals surface area (Å²) in [5, 5.41) is 7.28. The molecule has 2 fully saturated rings. The van der Waals surface area contributed by atoms with Gasteiger partial charge in [0.15, 0.2) is 5.82 Å². The predicted octanol–water partition coefficient (Wildman–Crippen LogP) is 1.72. The van der Waals surface area contributed by atoms with Crippen molar-refractivity contribution < 1.29 is 17.7 Å². The number of amides is 1. The molecule has 0 aromatic carbocycles. The van der Waals surface area contributed by atoms with Crippen LogP contribution in [0.5, 0.6) is 0 Å². The SMILES string of the molecule is CCS(=O)(=O)N1CCC(C(=O)NC2(c3noc(C)n3)CCCCC2)CC1. The van der Waals surface area contributed by atoms with Crippen LogP contribution in [0.25, 0.3) is 0 Å². The van der Waals surface area contributed by atoms with E-state index in [1.165, 1.54) is 4.31 Å². The molecular formula is C17H28N4O4S. The van der Waals surface area contributed by atoms with Gasteiger partial charge in [-0.3, -0.25) is 4.79 Å². The molecule has 1 aromatic rings. The fourth-order valence-corrected chi connectivity index (χ4v) is 5.10. The van der Waals surface area contributed by atoms with E-state index in [0.717, 1.165) is 32.1 Å². The molecule has 1 N–H and O–H groups in total. The maximum Gasteiger partial charge on any atom is 0.224 e. The Morgan fingerprint density at radius 3 is 2.46 bits per heavy atom. The third-order valence-electron chi connectivity index (χ3n) is 5.61. The number of aryl methyl sites for hydroxylation is 1. The van der Waals surface area contributed by atoms with E-state index < -0.39 is 15.6 Å². The van der Waals surface area contributed by atoms with Crippen LogP contribution in [0.2, 0.25) is 0 Å². The molecule has 0 unspecified atom stereocenters. The van der Waals surface area contributed by atoms with Gasteiger partial charge in [0.25, 0.3) is 0 Å². The first-order chi connectivity index (χ1) is 12.4. The summed E-state index contributed by atoms with van der Waals surface area (Å²) in [6, 6.07) is 0. The van der Waals surface area contributed by atoms with Crippen LogP contribution in [0.1, 0.15) is 63.6 Å². The minimum atomic E-state index is -3.18. The molecule has 1 aliphatic carbocycles. The lowest BCUT2D eigenvalue weighted by molar-refractivity contribution is -0.129. The molecule has 1 aromatic heterocycles. The van der Waals surface area contributed by atoms with Gasteiger partial charge in [-0.2, -0.15) is 4.98 Å². The molecule has 2 aliphatic rings. The average Bonchev–Trinajstić information content (AvgIpc) is 3.10. The highest BCUT2D eigenvalue weighted by Crippen LogP contribution is 2.36. The number of nitrogens with one attached hydrogen (secondary N) is 1. The van der Waals surface area contributed by atoms with Gasteiger partial charge in [-0.05, 0) is 32.6 Å². The normalized spacial score (nSPS) is 22.2. The quantitative estimate of drug-likeness (QED) is 0.828. The highest BCUT2D eigenvalue weighted by Gasteiger charge is 2.41. The Kier molecular flexibility index (Phi) is 5.67. The Morgan fingerprint density at radius 2 is 1.92 bits per heavy atom. The number of rotatable bonds is 5. The zero-order valence-electron chi connectivity index (χ0n) is 15.5. The van der Waals surface area contributed by atoms with Gasteiger partial charge >= 0.3 is 0 Å². The number of sulfonamides is 1. The van der Waals surface area contributed by atoms with Gasteiger partial charge in [0.2, 0.25) is 21.8 Å².